The Labute approximate surface area is 174 Å². The van der Waals surface area contributed by atoms with Crippen molar-refractivity contribution >= 4 is 35.7 Å². The Morgan fingerprint density at radius 2 is 1.79 bits per heavy atom. The predicted octanol–water partition coefficient (Wildman–Crippen LogP) is 1.08. The van der Waals surface area contributed by atoms with Crippen molar-refractivity contribution in [2.75, 3.05) is 6.61 Å². The van der Waals surface area contributed by atoms with Crippen molar-refractivity contribution in [1.82, 2.24) is 19.0 Å². The summed E-state index contributed by atoms with van der Waals surface area (Å²) in [7, 11) is 2.64. The fourth-order valence-electron chi connectivity index (χ4n) is 2.46. The molecule has 0 spiro atoms. The van der Waals surface area contributed by atoms with Crippen molar-refractivity contribution < 1.29 is 18.7 Å². The number of hydrogen-bond acceptors (Lipinski definition) is 6. The minimum Gasteiger partial charge on any atom is -0.464 e. The van der Waals surface area contributed by atoms with Crippen molar-refractivity contribution in [2.24, 2.45) is 14.1 Å². The largest absolute Gasteiger partial charge is 0.464 e. The van der Waals surface area contributed by atoms with E-state index in [-0.39, 0.29) is 22.0 Å². The van der Waals surface area contributed by atoms with Crippen LogP contribution in [-0.2, 0) is 23.6 Å². The molecule has 0 aliphatic rings. The van der Waals surface area contributed by atoms with Crippen LogP contribution in [0, 0.1) is 10.6 Å². The molecule has 1 aromatic heterocycles. The predicted molar refractivity (Wildman–Crippen MR) is 106 cm³/mol. The quantitative estimate of drug-likeness (QED) is 0.546. The van der Waals surface area contributed by atoms with Gasteiger partial charge in [-0.25, -0.2) is 23.3 Å². The van der Waals surface area contributed by atoms with Gasteiger partial charge in [0.05, 0.1) is 22.9 Å². The van der Waals surface area contributed by atoms with E-state index in [9.17, 15) is 23.6 Å². The van der Waals surface area contributed by atoms with Crippen LogP contribution in [0.25, 0.3) is 5.69 Å². The highest BCUT2D eigenvalue weighted by atomic mass is 35.5. The number of nitrogens with one attached hydrogen (secondary N) is 1. The lowest BCUT2D eigenvalue weighted by Crippen LogP contribution is -2.44. The Morgan fingerprint density at radius 3 is 2.31 bits per heavy atom. The van der Waals surface area contributed by atoms with Gasteiger partial charge in [-0.05, 0) is 38.2 Å². The van der Waals surface area contributed by atoms with Gasteiger partial charge in [-0.1, -0.05) is 11.6 Å². The van der Waals surface area contributed by atoms with Gasteiger partial charge in [0.1, 0.15) is 11.9 Å². The number of rotatable bonds is 5. The van der Waals surface area contributed by atoms with E-state index in [2.05, 4.69) is 5.32 Å². The standard InChI is InChI=1S/C17H18ClFN4O5S/c1-5-28-14(25)8(2)20-13(24)9-6-12(11(19)7-10(9)18)23-15(26)21(3)17(29)22(4)16(23)27/h6-8H,5H2,1-4H3,(H,20,24)/t8-/m1/s1. The van der Waals surface area contributed by atoms with E-state index in [0.717, 1.165) is 21.3 Å². The van der Waals surface area contributed by atoms with Crippen LogP contribution in [0.4, 0.5) is 4.39 Å². The van der Waals surface area contributed by atoms with Crippen LogP contribution in [0.2, 0.25) is 5.02 Å². The van der Waals surface area contributed by atoms with E-state index >= 15 is 0 Å². The zero-order valence-corrected chi connectivity index (χ0v) is 17.6. The van der Waals surface area contributed by atoms with Crippen molar-refractivity contribution in [3.63, 3.8) is 0 Å². The van der Waals surface area contributed by atoms with Crippen molar-refractivity contribution in [3.8, 4) is 5.69 Å². The summed E-state index contributed by atoms with van der Waals surface area (Å²) in [6.45, 7) is 3.14. The molecule has 0 aliphatic heterocycles. The molecule has 1 amide bonds. The lowest BCUT2D eigenvalue weighted by Gasteiger charge is -2.15. The maximum absolute atomic E-state index is 14.6. The summed E-state index contributed by atoms with van der Waals surface area (Å²) in [6, 6.07) is 0.755. The minimum absolute atomic E-state index is 0.0631. The molecule has 0 unspecified atom stereocenters. The Bertz CT molecular complexity index is 1130. The van der Waals surface area contributed by atoms with Crippen LogP contribution < -0.4 is 16.7 Å². The first-order valence-corrected chi connectivity index (χ1v) is 9.15. The third-order valence-corrected chi connectivity index (χ3v) is 4.90. The number of halogens is 2. The molecule has 1 heterocycles. The summed E-state index contributed by atoms with van der Waals surface area (Å²) < 4.78 is 21.8. The van der Waals surface area contributed by atoms with E-state index in [1.54, 1.807) is 6.92 Å². The fraction of sp³-hybridized carbons (Fsp3) is 0.353. The Morgan fingerprint density at radius 1 is 1.24 bits per heavy atom. The molecule has 156 valence electrons. The number of carbonyl (C=O) groups excluding carboxylic acids is 2. The Kier molecular flexibility index (Phi) is 6.75. The van der Waals surface area contributed by atoms with Gasteiger partial charge < -0.3 is 10.1 Å². The summed E-state index contributed by atoms with van der Waals surface area (Å²) in [5, 5.41) is 2.10. The molecule has 1 aromatic carbocycles. The topological polar surface area (TPSA) is 104 Å². The summed E-state index contributed by atoms with van der Waals surface area (Å²) >= 11 is 10.9. The smallest absolute Gasteiger partial charge is 0.338 e. The van der Waals surface area contributed by atoms with Gasteiger partial charge in [0.25, 0.3) is 5.91 Å². The second-order valence-corrected chi connectivity index (χ2v) is 6.80. The Balaban J connectivity index is 2.61. The van der Waals surface area contributed by atoms with Crippen LogP contribution in [0.15, 0.2) is 21.7 Å². The van der Waals surface area contributed by atoms with Gasteiger partial charge in [0, 0.05) is 14.1 Å². The molecule has 0 saturated carbocycles. The van der Waals surface area contributed by atoms with Crippen LogP contribution in [-0.4, -0.2) is 38.2 Å². The van der Waals surface area contributed by atoms with Crippen LogP contribution in [0.1, 0.15) is 24.2 Å². The molecular weight excluding hydrogens is 427 g/mol. The van der Waals surface area contributed by atoms with Crippen molar-refractivity contribution in [3.05, 3.63) is 54.3 Å². The second kappa shape index (κ2) is 8.70. The summed E-state index contributed by atoms with van der Waals surface area (Å²) in [5.41, 5.74) is -2.52. The maximum Gasteiger partial charge on any atom is 0.338 e. The number of ether oxygens (including phenoxy) is 1. The number of esters is 1. The van der Waals surface area contributed by atoms with Gasteiger partial charge in [0.2, 0.25) is 0 Å². The SMILES string of the molecule is CCOC(=O)[C@@H](C)NC(=O)c1cc(-n2c(=O)n(C)c(=S)n(C)c2=O)c(F)cc1Cl. The van der Waals surface area contributed by atoms with Crippen LogP contribution in [0.3, 0.4) is 0 Å². The van der Waals surface area contributed by atoms with Gasteiger partial charge in [-0.15, -0.1) is 0 Å². The number of nitrogens with zero attached hydrogens (tertiary/aromatic N) is 3. The summed E-state index contributed by atoms with van der Waals surface area (Å²) in [6.07, 6.45) is 0. The average molecular weight is 445 g/mol. The van der Waals surface area contributed by atoms with E-state index in [4.69, 9.17) is 28.6 Å². The first-order chi connectivity index (χ1) is 13.5. The Hall–Kier alpha value is -2.79. The molecule has 0 radical (unpaired) electrons. The van der Waals surface area contributed by atoms with E-state index in [1.165, 1.54) is 21.0 Å². The lowest BCUT2D eigenvalue weighted by molar-refractivity contribution is -0.144. The third kappa shape index (κ3) is 4.30. The van der Waals surface area contributed by atoms with Gasteiger partial charge in [-0.2, -0.15) is 0 Å². The lowest BCUT2D eigenvalue weighted by atomic mass is 10.1. The summed E-state index contributed by atoms with van der Waals surface area (Å²) in [4.78, 5) is 49.2. The first kappa shape index (κ1) is 22.5. The van der Waals surface area contributed by atoms with E-state index in [1.807, 2.05) is 0 Å². The van der Waals surface area contributed by atoms with Gasteiger partial charge in [0.15, 0.2) is 4.77 Å². The molecule has 1 atom stereocenters. The number of amides is 1. The van der Waals surface area contributed by atoms with Crippen molar-refractivity contribution in [2.45, 2.75) is 19.9 Å². The molecular formula is C17H18ClFN4O5S. The molecule has 2 rings (SSSR count). The van der Waals surface area contributed by atoms with E-state index in [0.29, 0.717) is 4.57 Å². The molecule has 12 heteroatoms. The van der Waals surface area contributed by atoms with Gasteiger partial charge >= 0.3 is 17.3 Å². The second-order valence-electron chi connectivity index (χ2n) is 6.03. The zero-order valence-electron chi connectivity index (χ0n) is 16.0. The molecule has 0 fully saturated rings. The first-order valence-electron chi connectivity index (χ1n) is 8.37. The van der Waals surface area contributed by atoms with Crippen molar-refractivity contribution in [1.29, 1.82) is 0 Å². The summed E-state index contributed by atoms with van der Waals surface area (Å²) in [5.74, 6) is -2.48. The van der Waals surface area contributed by atoms with Crippen LogP contribution in [0.5, 0.6) is 0 Å². The highest BCUT2D eigenvalue weighted by Gasteiger charge is 2.23. The highest BCUT2D eigenvalue weighted by molar-refractivity contribution is 7.71. The number of carbonyl (C=O) groups is 2. The number of hydrogen-bond donors (Lipinski definition) is 1. The fourth-order valence-corrected chi connectivity index (χ4v) is 2.85. The third-order valence-electron chi connectivity index (χ3n) is 4.04. The molecule has 1 N–H and O–H groups in total. The molecule has 0 saturated heterocycles. The number of benzene rings is 1. The molecule has 2 aromatic rings. The molecule has 0 bridgehead atoms. The average Bonchev–Trinajstić information content (AvgIpc) is 2.66. The molecule has 29 heavy (non-hydrogen) atoms. The molecule has 0 aliphatic carbocycles. The number of aromatic nitrogens is 3. The van der Waals surface area contributed by atoms with Crippen LogP contribution >= 0.6 is 23.8 Å². The zero-order chi connectivity index (χ0) is 22.0. The normalized spacial score (nSPS) is 11.8. The monoisotopic (exact) mass is 444 g/mol. The highest BCUT2D eigenvalue weighted by Crippen LogP contribution is 2.22. The molecule has 9 nitrogen and oxygen atoms in total. The minimum atomic E-state index is -1.00. The maximum atomic E-state index is 14.6. The van der Waals surface area contributed by atoms with E-state index < -0.39 is 40.8 Å². The van der Waals surface area contributed by atoms with Gasteiger partial charge in [-0.3, -0.25) is 13.9 Å².